The molecule has 2 N–H and O–H groups in total. The summed E-state index contributed by atoms with van der Waals surface area (Å²) in [5, 5.41) is 12.9. The van der Waals surface area contributed by atoms with E-state index >= 15 is 0 Å². The number of hydrogen-bond acceptors (Lipinski definition) is 6. The van der Waals surface area contributed by atoms with Gasteiger partial charge in [-0.3, -0.25) is 9.59 Å². The van der Waals surface area contributed by atoms with E-state index in [-0.39, 0.29) is 28.1 Å². The third-order valence-corrected chi connectivity index (χ3v) is 4.95. The van der Waals surface area contributed by atoms with Crippen molar-refractivity contribution in [2.75, 3.05) is 18.2 Å². The van der Waals surface area contributed by atoms with Gasteiger partial charge in [0.05, 0.1) is 18.6 Å². The molecule has 0 aliphatic heterocycles. The quantitative estimate of drug-likeness (QED) is 0.459. The van der Waals surface area contributed by atoms with Crippen LogP contribution < -0.4 is 15.6 Å². The molecular weight excluding hydrogens is 412 g/mol. The Kier molecular flexibility index (Phi) is 6.54. The highest BCUT2D eigenvalue weighted by Crippen LogP contribution is 2.25. The van der Waals surface area contributed by atoms with Crippen molar-refractivity contribution < 1.29 is 9.53 Å². The van der Waals surface area contributed by atoms with Crippen LogP contribution in [0.15, 0.2) is 58.5 Å². The minimum absolute atomic E-state index is 0.0228. The number of ether oxygens (including phenoxy) is 1. The highest BCUT2D eigenvalue weighted by atomic mass is 35.5. The van der Waals surface area contributed by atoms with Gasteiger partial charge in [-0.15, -0.1) is 0 Å². The molecule has 0 aliphatic carbocycles. The predicted octanol–water partition coefficient (Wildman–Crippen LogP) is 3.70. The van der Waals surface area contributed by atoms with Crippen molar-refractivity contribution in [1.82, 2.24) is 9.97 Å². The molecule has 7 nitrogen and oxygen atoms in total. The molecule has 0 atom stereocenters. The Hall–Kier alpha value is -3.28. The summed E-state index contributed by atoms with van der Waals surface area (Å²) in [5.41, 5.74) is 0.739. The number of hydrogen-bond donors (Lipinski definition) is 2. The second-order valence-electron chi connectivity index (χ2n) is 5.78. The largest absolute Gasteiger partial charge is 0.497 e. The lowest BCUT2D eigenvalue weighted by molar-refractivity contribution is -0.113. The summed E-state index contributed by atoms with van der Waals surface area (Å²) >= 11 is 6.88. The van der Waals surface area contributed by atoms with Crippen molar-refractivity contribution in [2.24, 2.45) is 0 Å². The molecule has 0 fully saturated rings. The van der Waals surface area contributed by atoms with Gasteiger partial charge in [-0.2, -0.15) is 5.26 Å². The van der Waals surface area contributed by atoms with Gasteiger partial charge in [0.15, 0.2) is 5.16 Å². The van der Waals surface area contributed by atoms with Crippen molar-refractivity contribution in [3.8, 4) is 23.1 Å². The Morgan fingerprint density at radius 1 is 1.31 bits per heavy atom. The number of aromatic amines is 1. The van der Waals surface area contributed by atoms with E-state index in [1.54, 1.807) is 48.5 Å². The fourth-order valence-electron chi connectivity index (χ4n) is 2.47. The number of carbonyl (C=O) groups excluding carboxylic acids is 1. The first-order valence-electron chi connectivity index (χ1n) is 8.37. The number of methoxy groups -OCH3 is 1. The summed E-state index contributed by atoms with van der Waals surface area (Å²) in [6, 6.07) is 15.5. The Morgan fingerprint density at radius 3 is 2.76 bits per heavy atom. The molecule has 146 valence electrons. The molecule has 0 spiro atoms. The van der Waals surface area contributed by atoms with E-state index in [0.29, 0.717) is 22.0 Å². The van der Waals surface area contributed by atoms with Gasteiger partial charge in [0, 0.05) is 16.3 Å². The van der Waals surface area contributed by atoms with Crippen LogP contribution in [0.5, 0.6) is 5.75 Å². The number of rotatable bonds is 6. The molecule has 0 radical (unpaired) electrons. The molecule has 29 heavy (non-hydrogen) atoms. The van der Waals surface area contributed by atoms with Crippen LogP contribution in [0, 0.1) is 11.3 Å². The zero-order chi connectivity index (χ0) is 20.8. The van der Waals surface area contributed by atoms with Crippen LogP contribution in [0.25, 0.3) is 11.3 Å². The first-order valence-corrected chi connectivity index (χ1v) is 9.73. The lowest BCUT2D eigenvalue weighted by Crippen LogP contribution is -2.17. The second kappa shape index (κ2) is 9.28. The van der Waals surface area contributed by atoms with Crippen LogP contribution in [-0.4, -0.2) is 28.7 Å². The maximum Gasteiger partial charge on any atom is 0.270 e. The minimum atomic E-state index is -0.569. The Balaban J connectivity index is 1.80. The van der Waals surface area contributed by atoms with Crippen LogP contribution in [0.1, 0.15) is 5.56 Å². The number of carbonyl (C=O) groups is 1. The van der Waals surface area contributed by atoms with E-state index in [0.717, 1.165) is 11.8 Å². The molecule has 1 amide bonds. The fraction of sp³-hybridized carbons (Fsp3) is 0.100. The maximum atomic E-state index is 12.3. The number of benzene rings is 2. The van der Waals surface area contributed by atoms with Crippen molar-refractivity contribution in [1.29, 1.82) is 5.26 Å². The summed E-state index contributed by atoms with van der Waals surface area (Å²) in [7, 11) is 1.52. The highest BCUT2D eigenvalue weighted by molar-refractivity contribution is 7.99. The summed E-state index contributed by atoms with van der Waals surface area (Å²) in [6.07, 6.45) is 0. The molecule has 1 aromatic heterocycles. The normalized spacial score (nSPS) is 10.2. The number of nitrogens with one attached hydrogen (secondary N) is 2. The number of thioether (sulfide) groups is 1. The molecule has 0 unspecified atom stereocenters. The molecule has 9 heteroatoms. The van der Waals surface area contributed by atoms with Crippen LogP contribution in [0.4, 0.5) is 5.69 Å². The van der Waals surface area contributed by atoms with E-state index in [1.165, 1.54) is 7.11 Å². The Morgan fingerprint density at radius 2 is 2.07 bits per heavy atom. The summed E-state index contributed by atoms with van der Waals surface area (Å²) in [5.74, 6) is 0.326. The molecule has 1 heterocycles. The van der Waals surface area contributed by atoms with E-state index in [1.807, 2.05) is 6.07 Å². The molecule has 2 aromatic carbocycles. The van der Waals surface area contributed by atoms with Gasteiger partial charge >= 0.3 is 0 Å². The lowest BCUT2D eigenvalue weighted by Gasteiger charge is -2.08. The summed E-state index contributed by atoms with van der Waals surface area (Å²) < 4.78 is 5.19. The first kappa shape index (κ1) is 20.5. The van der Waals surface area contributed by atoms with Gasteiger partial charge in [0.25, 0.3) is 5.56 Å². The summed E-state index contributed by atoms with van der Waals surface area (Å²) in [4.78, 5) is 31.4. The monoisotopic (exact) mass is 426 g/mol. The molecule has 3 rings (SSSR count). The highest BCUT2D eigenvalue weighted by Gasteiger charge is 2.15. The van der Waals surface area contributed by atoms with E-state index < -0.39 is 5.56 Å². The van der Waals surface area contributed by atoms with Gasteiger partial charge in [0.2, 0.25) is 5.91 Å². The van der Waals surface area contributed by atoms with E-state index in [2.05, 4.69) is 15.3 Å². The van der Waals surface area contributed by atoms with Gasteiger partial charge in [-0.1, -0.05) is 35.5 Å². The maximum absolute atomic E-state index is 12.3. The van der Waals surface area contributed by atoms with Crippen LogP contribution in [-0.2, 0) is 4.79 Å². The smallest absolute Gasteiger partial charge is 0.270 e. The van der Waals surface area contributed by atoms with Crippen LogP contribution in [0.2, 0.25) is 5.02 Å². The fourth-order valence-corrected chi connectivity index (χ4v) is 3.25. The molecular formula is C20H15ClN4O3S. The third-order valence-electron chi connectivity index (χ3n) is 3.82. The van der Waals surface area contributed by atoms with Gasteiger partial charge in [0.1, 0.15) is 17.4 Å². The molecule has 0 saturated carbocycles. The van der Waals surface area contributed by atoms with Gasteiger partial charge in [-0.05, 0) is 36.4 Å². The van der Waals surface area contributed by atoms with Gasteiger partial charge in [-0.25, -0.2) is 4.98 Å². The number of nitriles is 1. The lowest BCUT2D eigenvalue weighted by atomic mass is 10.1. The number of nitrogens with zero attached hydrogens (tertiary/aromatic N) is 2. The third kappa shape index (κ3) is 5.16. The van der Waals surface area contributed by atoms with Crippen LogP contribution in [0.3, 0.4) is 0 Å². The number of aromatic nitrogens is 2. The standard InChI is InChI=1S/C20H15ClN4O3S/c1-28-15-4-2-3-12(9-15)18-16(10-22)19(27)25-20(24-18)29-11-17(26)23-14-7-5-13(21)6-8-14/h2-9H,11H2,1H3,(H,23,26)(H,24,25,27). The summed E-state index contributed by atoms with van der Waals surface area (Å²) in [6.45, 7) is 0. The second-order valence-corrected chi connectivity index (χ2v) is 7.18. The van der Waals surface area contributed by atoms with Gasteiger partial charge < -0.3 is 15.0 Å². The molecule has 0 saturated heterocycles. The number of halogens is 1. The number of H-pyrrole nitrogens is 1. The van der Waals surface area contributed by atoms with Crippen LogP contribution >= 0.6 is 23.4 Å². The average Bonchev–Trinajstić information content (AvgIpc) is 2.73. The van der Waals surface area contributed by atoms with E-state index in [9.17, 15) is 14.9 Å². The SMILES string of the molecule is COc1cccc(-c2nc(SCC(=O)Nc3ccc(Cl)cc3)[nH]c(=O)c2C#N)c1. The predicted molar refractivity (Wildman–Crippen MR) is 112 cm³/mol. The van der Waals surface area contributed by atoms with Crippen molar-refractivity contribution in [3.63, 3.8) is 0 Å². The van der Waals surface area contributed by atoms with Crippen molar-refractivity contribution in [2.45, 2.75) is 5.16 Å². The Bertz CT molecular complexity index is 1140. The van der Waals surface area contributed by atoms with Crippen molar-refractivity contribution >= 4 is 35.0 Å². The zero-order valence-electron chi connectivity index (χ0n) is 15.2. The van der Waals surface area contributed by atoms with E-state index in [4.69, 9.17) is 16.3 Å². The zero-order valence-corrected chi connectivity index (χ0v) is 16.8. The average molecular weight is 427 g/mol. The molecule has 0 bridgehead atoms. The Labute approximate surface area is 175 Å². The topological polar surface area (TPSA) is 108 Å². The number of amides is 1. The number of anilines is 1. The molecule has 3 aromatic rings. The van der Waals surface area contributed by atoms with Crippen molar-refractivity contribution in [3.05, 3.63) is 69.5 Å². The minimum Gasteiger partial charge on any atom is -0.497 e. The first-order chi connectivity index (χ1) is 14.0. The molecule has 0 aliphatic rings.